The highest BCUT2D eigenvalue weighted by atomic mass is 32.1. The van der Waals surface area contributed by atoms with Crippen LogP contribution in [0.1, 0.15) is 26.2 Å². The largest absolute Gasteiger partial charge is 0.286 e. The summed E-state index contributed by atoms with van der Waals surface area (Å²) in [4.78, 5) is 3.92. The molecule has 11 heavy (non-hydrogen) atoms. The van der Waals surface area contributed by atoms with Gasteiger partial charge in [-0.3, -0.25) is 9.78 Å². The molecule has 1 aromatic rings. The van der Waals surface area contributed by atoms with Crippen LogP contribution in [-0.4, -0.2) is 14.8 Å². The smallest absolute Gasteiger partial charge is 0.215 e. The van der Waals surface area contributed by atoms with Crippen molar-refractivity contribution in [2.24, 2.45) is 0 Å². The van der Waals surface area contributed by atoms with Crippen molar-refractivity contribution in [3.63, 3.8) is 0 Å². The highest BCUT2D eigenvalue weighted by Gasteiger charge is 1.91. The normalized spacial score (nSPS) is 10.3. The molecule has 0 saturated heterocycles. The molecule has 0 aromatic carbocycles. The number of aromatic amines is 1. The van der Waals surface area contributed by atoms with Crippen LogP contribution in [0.3, 0.4) is 0 Å². The number of nitrogens with one attached hydrogen (secondary N) is 1. The molecule has 0 radical (unpaired) electrons. The van der Waals surface area contributed by atoms with E-state index >= 15 is 0 Å². The summed E-state index contributed by atoms with van der Waals surface area (Å²) in [5.74, 6) is 0. The van der Waals surface area contributed by atoms with Gasteiger partial charge < -0.3 is 0 Å². The fraction of sp³-hybridized carbons (Fsp3) is 0.714. The van der Waals surface area contributed by atoms with Gasteiger partial charge in [0.1, 0.15) is 6.33 Å². The summed E-state index contributed by atoms with van der Waals surface area (Å²) in [6, 6.07) is 0. The van der Waals surface area contributed by atoms with Gasteiger partial charge >= 0.3 is 0 Å². The van der Waals surface area contributed by atoms with E-state index in [0.29, 0.717) is 4.77 Å². The lowest BCUT2D eigenvalue weighted by molar-refractivity contribution is 0.546. The van der Waals surface area contributed by atoms with Crippen LogP contribution >= 0.6 is 12.2 Å². The molecule has 0 aliphatic carbocycles. The zero-order valence-electron chi connectivity index (χ0n) is 6.71. The molecule has 3 nitrogen and oxygen atoms in total. The first kappa shape index (κ1) is 8.46. The molecule has 0 saturated carbocycles. The molecule has 0 atom stereocenters. The number of nitrogens with zero attached hydrogens (tertiary/aromatic N) is 2. The first-order valence-corrected chi connectivity index (χ1v) is 4.35. The van der Waals surface area contributed by atoms with E-state index in [0.717, 1.165) is 6.54 Å². The minimum absolute atomic E-state index is 0.654. The number of rotatable bonds is 4. The summed E-state index contributed by atoms with van der Waals surface area (Å²) < 4.78 is 2.55. The van der Waals surface area contributed by atoms with Crippen molar-refractivity contribution in [3.05, 3.63) is 11.1 Å². The average Bonchev–Trinajstić information content (AvgIpc) is 2.37. The van der Waals surface area contributed by atoms with Crippen LogP contribution < -0.4 is 0 Å². The lowest BCUT2D eigenvalue weighted by Crippen LogP contribution is -1.99. The van der Waals surface area contributed by atoms with Gasteiger partial charge in [0.15, 0.2) is 0 Å². The van der Waals surface area contributed by atoms with Crippen LogP contribution in [0.15, 0.2) is 6.33 Å². The Morgan fingerprint density at radius 3 is 3.00 bits per heavy atom. The summed E-state index contributed by atoms with van der Waals surface area (Å²) in [6.07, 6.45) is 5.30. The van der Waals surface area contributed by atoms with Crippen LogP contribution in [0.4, 0.5) is 0 Å². The van der Waals surface area contributed by atoms with E-state index in [1.807, 2.05) is 4.68 Å². The molecular formula is C7H13N3S. The zero-order valence-corrected chi connectivity index (χ0v) is 7.52. The molecule has 4 heteroatoms. The minimum Gasteiger partial charge on any atom is -0.286 e. The minimum atomic E-state index is 0.654. The fourth-order valence-electron chi connectivity index (χ4n) is 0.959. The van der Waals surface area contributed by atoms with Gasteiger partial charge in [-0.1, -0.05) is 19.8 Å². The van der Waals surface area contributed by atoms with Crippen molar-refractivity contribution in [2.45, 2.75) is 32.7 Å². The highest BCUT2D eigenvalue weighted by molar-refractivity contribution is 7.71. The average molecular weight is 171 g/mol. The van der Waals surface area contributed by atoms with Crippen LogP contribution in [0.5, 0.6) is 0 Å². The van der Waals surface area contributed by atoms with E-state index in [4.69, 9.17) is 12.2 Å². The molecule has 1 aromatic heterocycles. The van der Waals surface area contributed by atoms with Gasteiger partial charge in [-0.15, -0.1) is 0 Å². The van der Waals surface area contributed by atoms with E-state index in [9.17, 15) is 0 Å². The van der Waals surface area contributed by atoms with Crippen LogP contribution in [0.25, 0.3) is 0 Å². The third-order valence-corrected chi connectivity index (χ3v) is 1.93. The lowest BCUT2D eigenvalue weighted by atomic mass is 10.2. The van der Waals surface area contributed by atoms with E-state index in [1.165, 1.54) is 19.3 Å². The predicted molar refractivity (Wildman–Crippen MR) is 46.9 cm³/mol. The maximum absolute atomic E-state index is 4.96. The topological polar surface area (TPSA) is 33.6 Å². The number of hydrogen-bond donors (Lipinski definition) is 1. The van der Waals surface area contributed by atoms with Gasteiger partial charge in [0.25, 0.3) is 0 Å². The predicted octanol–water partition coefficient (Wildman–Crippen LogP) is 2.13. The summed E-state index contributed by atoms with van der Waals surface area (Å²) in [6.45, 7) is 3.15. The van der Waals surface area contributed by atoms with Gasteiger partial charge in [0.05, 0.1) is 0 Å². The number of unbranched alkanes of at least 4 members (excludes halogenated alkanes) is 2. The Bertz CT molecular complexity index is 250. The lowest BCUT2D eigenvalue weighted by Gasteiger charge is -1.98. The van der Waals surface area contributed by atoms with Crippen molar-refractivity contribution in [1.82, 2.24) is 14.8 Å². The van der Waals surface area contributed by atoms with Gasteiger partial charge in [-0.05, 0) is 18.6 Å². The van der Waals surface area contributed by atoms with E-state index < -0.39 is 0 Å². The summed E-state index contributed by atoms with van der Waals surface area (Å²) >= 11 is 4.96. The third kappa shape index (κ3) is 2.46. The first-order chi connectivity index (χ1) is 5.34. The number of aryl methyl sites for hydroxylation is 1. The van der Waals surface area contributed by atoms with Crippen molar-refractivity contribution in [1.29, 1.82) is 0 Å². The second-order valence-electron chi connectivity index (χ2n) is 2.53. The number of H-pyrrole nitrogens is 1. The molecule has 1 heterocycles. The second kappa shape index (κ2) is 4.28. The Morgan fingerprint density at radius 2 is 2.45 bits per heavy atom. The Labute approximate surface area is 71.4 Å². The summed E-state index contributed by atoms with van der Waals surface area (Å²) in [7, 11) is 0. The van der Waals surface area contributed by atoms with Crippen molar-refractivity contribution in [2.75, 3.05) is 0 Å². The Balaban J connectivity index is 2.39. The Morgan fingerprint density at radius 1 is 1.64 bits per heavy atom. The molecule has 0 amide bonds. The monoisotopic (exact) mass is 171 g/mol. The number of aromatic nitrogens is 3. The third-order valence-electron chi connectivity index (χ3n) is 1.60. The SMILES string of the molecule is CCCCCn1[nH]cnc1=S. The number of hydrogen-bond acceptors (Lipinski definition) is 2. The first-order valence-electron chi connectivity index (χ1n) is 3.95. The fourth-order valence-corrected chi connectivity index (χ4v) is 1.16. The molecule has 0 aliphatic heterocycles. The van der Waals surface area contributed by atoms with Crippen LogP contribution in [-0.2, 0) is 6.54 Å². The molecule has 1 rings (SSSR count). The van der Waals surface area contributed by atoms with E-state index in [2.05, 4.69) is 17.0 Å². The molecule has 1 N–H and O–H groups in total. The Kier molecular flexibility index (Phi) is 3.29. The van der Waals surface area contributed by atoms with Crippen molar-refractivity contribution < 1.29 is 0 Å². The quantitative estimate of drug-likeness (QED) is 0.556. The van der Waals surface area contributed by atoms with E-state index in [-0.39, 0.29) is 0 Å². The van der Waals surface area contributed by atoms with Gasteiger partial charge in [0, 0.05) is 6.54 Å². The molecule has 0 unspecified atom stereocenters. The van der Waals surface area contributed by atoms with Crippen LogP contribution in [0, 0.1) is 4.77 Å². The van der Waals surface area contributed by atoms with Gasteiger partial charge in [-0.2, -0.15) is 0 Å². The maximum atomic E-state index is 4.96. The standard InChI is InChI=1S/C7H13N3S/c1-2-3-4-5-10-7(11)8-6-9-10/h6H,2-5H2,1H3,(H,8,9,11). The van der Waals surface area contributed by atoms with Gasteiger partial charge in [-0.25, -0.2) is 4.98 Å². The molecular weight excluding hydrogens is 158 g/mol. The molecule has 0 spiro atoms. The molecule has 0 bridgehead atoms. The van der Waals surface area contributed by atoms with Crippen molar-refractivity contribution >= 4 is 12.2 Å². The van der Waals surface area contributed by atoms with E-state index in [1.54, 1.807) is 6.33 Å². The molecule has 62 valence electrons. The van der Waals surface area contributed by atoms with Crippen LogP contribution in [0.2, 0.25) is 0 Å². The highest BCUT2D eigenvalue weighted by Crippen LogP contribution is 1.96. The summed E-state index contributed by atoms with van der Waals surface area (Å²) in [5.41, 5.74) is 0. The zero-order chi connectivity index (χ0) is 8.10. The van der Waals surface area contributed by atoms with Gasteiger partial charge in [0.2, 0.25) is 4.77 Å². The Hall–Kier alpha value is -0.640. The summed E-state index contributed by atoms with van der Waals surface area (Å²) in [5, 5.41) is 2.97. The maximum Gasteiger partial charge on any atom is 0.215 e. The second-order valence-corrected chi connectivity index (χ2v) is 2.89. The molecule has 0 aliphatic rings. The molecule has 0 fully saturated rings. The van der Waals surface area contributed by atoms with Crippen molar-refractivity contribution in [3.8, 4) is 0 Å².